The minimum absolute atomic E-state index is 0.470. The van der Waals surface area contributed by atoms with Crippen LogP contribution >= 0.6 is 0 Å². The van der Waals surface area contributed by atoms with Gasteiger partial charge in [-0.25, -0.2) is 0 Å². The molecular weight excluding hydrogens is 124 g/mol. The summed E-state index contributed by atoms with van der Waals surface area (Å²) in [6.07, 6.45) is 0.839. The highest BCUT2D eigenvalue weighted by molar-refractivity contribution is 5.78. The molecular formula is C8H18N2. The van der Waals surface area contributed by atoms with Crippen molar-refractivity contribution in [3.05, 3.63) is 0 Å². The van der Waals surface area contributed by atoms with Gasteiger partial charge in [-0.15, -0.1) is 0 Å². The number of rotatable bonds is 3. The van der Waals surface area contributed by atoms with Crippen molar-refractivity contribution in [1.82, 2.24) is 4.90 Å². The molecule has 0 saturated heterocycles. The molecule has 0 amide bonds. The molecule has 0 atom stereocenters. The van der Waals surface area contributed by atoms with Crippen LogP contribution in [-0.2, 0) is 0 Å². The molecule has 0 aromatic heterocycles. The molecule has 0 heterocycles. The number of nitrogens with zero attached hydrogens (tertiary/aromatic N) is 1. The van der Waals surface area contributed by atoms with Crippen LogP contribution in [0.15, 0.2) is 0 Å². The topological polar surface area (TPSA) is 27.1 Å². The van der Waals surface area contributed by atoms with E-state index in [1.807, 2.05) is 6.92 Å². The summed E-state index contributed by atoms with van der Waals surface area (Å²) in [6.45, 7) is 9.29. The highest BCUT2D eigenvalue weighted by atomic mass is 15.2. The normalized spacial score (nSPS) is 10.1. The molecule has 2 heteroatoms. The maximum absolute atomic E-state index is 7.55. The molecule has 0 spiro atoms. The van der Waals surface area contributed by atoms with Crippen LogP contribution in [0.25, 0.3) is 0 Å². The Hall–Kier alpha value is -0.530. The number of nitrogens with one attached hydrogen (secondary N) is 1. The summed E-state index contributed by atoms with van der Waals surface area (Å²) >= 11 is 0. The van der Waals surface area contributed by atoms with E-state index >= 15 is 0 Å². The average molecular weight is 142 g/mol. The highest BCUT2D eigenvalue weighted by Crippen LogP contribution is 2.00. The Morgan fingerprint density at radius 3 is 2.00 bits per heavy atom. The van der Waals surface area contributed by atoms with E-state index in [4.69, 9.17) is 5.41 Å². The van der Waals surface area contributed by atoms with Gasteiger partial charge in [-0.05, 0) is 20.8 Å². The van der Waals surface area contributed by atoms with Crippen molar-refractivity contribution in [2.45, 2.75) is 40.2 Å². The first-order valence-electron chi connectivity index (χ1n) is 3.97. The van der Waals surface area contributed by atoms with Crippen molar-refractivity contribution in [2.75, 3.05) is 6.54 Å². The third kappa shape index (κ3) is 2.38. The summed E-state index contributed by atoms with van der Waals surface area (Å²) < 4.78 is 0. The van der Waals surface area contributed by atoms with Gasteiger partial charge < -0.3 is 4.90 Å². The zero-order chi connectivity index (χ0) is 8.15. The number of amidine groups is 1. The summed E-state index contributed by atoms with van der Waals surface area (Å²) in [5, 5.41) is 7.55. The van der Waals surface area contributed by atoms with E-state index in [1.54, 1.807) is 0 Å². The molecule has 0 radical (unpaired) electrons. The van der Waals surface area contributed by atoms with Crippen LogP contribution in [0.1, 0.15) is 34.1 Å². The minimum atomic E-state index is 0.470. The summed E-state index contributed by atoms with van der Waals surface area (Å²) in [5.74, 6) is 0.748. The molecule has 0 aliphatic heterocycles. The van der Waals surface area contributed by atoms with E-state index in [1.165, 1.54) is 0 Å². The quantitative estimate of drug-likeness (QED) is 0.474. The van der Waals surface area contributed by atoms with Crippen LogP contribution in [0, 0.1) is 5.41 Å². The van der Waals surface area contributed by atoms with Crippen molar-refractivity contribution in [2.24, 2.45) is 0 Å². The van der Waals surface area contributed by atoms with Gasteiger partial charge in [0.1, 0.15) is 0 Å². The van der Waals surface area contributed by atoms with Crippen molar-refractivity contribution >= 4 is 5.84 Å². The fraction of sp³-hybridized carbons (Fsp3) is 0.875. The van der Waals surface area contributed by atoms with E-state index in [9.17, 15) is 0 Å². The van der Waals surface area contributed by atoms with Crippen LogP contribution in [0.5, 0.6) is 0 Å². The Labute approximate surface area is 63.7 Å². The second kappa shape index (κ2) is 4.31. The molecule has 1 N–H and O–H groups in total. The Morgan fingerprint density at radius 2 is 1.90 bits per heavy atom. The van der Waals surface area contributed by atoms with Gasteiger partial charge in [0.25, 0.3) is 0 Å². The van der Waals surface area contributed by atoms with Crippen LogP contribution in [-0.4, -0.2) is 23.3 Å². The largest absolute Gasteiger partial charge is 0.358 e. The molecule has 0 rings (SSSR count). The molecule has 0 aromatic carbocycles. The van der Waals surface area contributed by atoms with E-state index in [-0.39, 0.29) is 0 Å². The Balaban J connectivity index is 3.93. The lowest BCUT2D eigenvalue weighted by molar-refractivity contribution is 0.358. The summed E-state index contributed by atoms with van der Waals surface area (Å²) in [6, 6.07) is 0.470. The minimum Gasteiger partial charge on any atom is -0.358 e. The van der Waals surface area contributed by atoms with Gasteiger partial charge in [0.05, 0.1) is 5.84 Å². The molecule has 0 aliphatic rings. The summed E-state index contributed by atoms with van der Waals surface area (Å²) in [7, 11) is 0. The molecule has 0 saturated carbocycles. The van der Waals surface area contributed by atoms with Crippen molar-refractivity contribution in [3.8, 4) is 0 Å². The van der Waals surface area contributed by atoms with Crippen LogP contribution in [0.2, 0.25) is 0 Å². The predicted molar refractivity (Wildman–Crippen MR) is 45.5 cm³/mol. The smallest absolute Gasteiger partial charge is 0.0957 e. The summed E-state index contributed by atoms with van der Waals surface area (Å²) in [4.78, 5) is 2.10. The highest BCUT2D eigenvalue weighted by Gasteiger charge is 2.07. The second-order valence-electron chi connectivity index (χ2n) is 2.68. The predicted octanol–water partition coefficient (Wildman–Crippen LogP) is 2.10. The van der Waals surface area contributed by atoms with Gasteiger partial charge in [0.15, 0.2) is 0 Å². The van der Waals surface area contributed by atoms with E-state index < -0.39 is 0 Å². The molecule has 0 unspecified atom stereocenters. The van der Waals surface area contributed by atoms with Gasteiger partial charge in [-0.3, -0.25) is 5.41 Å². The molecule has 2 nitrogen and oxygen atoms in total. The molecule has 0 bridgehead atoms. The first kappa shape index (κ1) is 9.47. The lowest BCUT2D eigenvalue weighted by Crippen LogP contribution is -2.35. The SMILES string of the molecule is CCC(=N)N(CC)C(C)C. The third-order valence-corrected chi connectivity index (χ3v) is 1.65. The van der Waals surface area contributed by atoms with Crippen LogP contribution < -0.4 is 0 Å². The standard InChI is InChI=1S/C8H18N2/c1-5-8(9)10(6-2)7(3)4/h7,9H,5-6H2,1-4H3. The van der Waals surface area contributed by atoms with Gasteiger partial charge in [0, 0.05) is 19.0 Å². The molecule has 0 fully saturated rings. The average Bonchev–Trinajstić information content (AvgIpc) is 1.88. The first-order valence-corrected chi connectivity index (χ1v) is 3.97. The summed E-state index contributed by atoms with van der Waals surface area (Å²) in [5.41, 5.74) is 0. The zero-order valence-electron chi connectivity index (χ0n) is 7.44. The molecule has 10 heavy (non-hydrogen) atoms. The monoisotopic (exact) mass is 142 g/mol. The van der Waals surface area contributed by atoms with Crippen molar-refractivity contribution in [1.29, 1.82) is 5.41 Å². The third-order valence-electron chi connectivity index (χ3n) is 1.65. The second-order valence-corrected chi connectivity index (χ2v) is 2.68. The van der Waals surface area contributed by atoms with Gasteiger partial charge in [-0.1, -0.05) is 6.92 Å². The van der Waals surface area contributed by atoms with Crippen LogP contribution in [0.3, 0.4) is 0 Å². The zero-order valence-corrected chi connectivity index (χ0v) is 7.44. The fourth-order valence-electron chi connectivity index (χ4n) is 1.07. The Kier molecular flexibility index (Phi) is 4.08. The fourth-order valence-corrected chi connectivity index (χ4v) is 1.07. The maximum atomic E-state index is 7.55. The number of hydrogen-bond acceptors (Lipinski definition) is 1. The Bertz CT molecular complexity index is 108. The lowest BCUT2D eigenvalue weighted by atomic mass is 10.3. The van der Waals surface area contributed by atoms with E-state index in [0.717, 1.165) is 18.8 Å². The molecule has 0 aromatic rings. The first-order chi connectivity index (χ1) is 4.63. The van der Waals surface area contributed by atoms with E-state index in [2.05, 4.69) is 25.7 Å². The van der Waals surface area contributed by atoms with Gasteiger partial charge >= 0.3 is 0 Å². The number of hydrogen-bond donors (Lipinski definition) is 1. The van der Waals surface area contributed by atoms with Crippen molar-refractivity contribution in [3.63, 3.8) is 0 Å². The van der Waals surface area contributed by atoms with E-state index in [0.29, 0.717) is 6.04 Å². The van der Waals surface area contributed by atoms with Crippen molar-refractivity contribution < 1.29 is 0 Å². The van der Waals surface area contributed by atoms with Crippen LogP contribution in [0.4, 0.5) is 0 Å². The van der Waals surface area contributed by atoms with Gasteiger partial charge in [0.2, 0.25) is 0 Å². The van der Waals surface area contributed by atoms with Gasteiger partial charge in [-0.2, -0.15) is 0 Å². The molecule has 0 aliphatic carbocycles. The lowest BCUT2D eigenvalue weighted by Gasteiger charge is -2.26. The Morgan fingerprint density at radius 1 is 1.40 bits per heavy atom. The molecule has 60 valence electrons. The maximum Gasteiger partial charge on any atom is 0.0957 e.